The number of ether oxygens (including phenoxy) is 1. The minimum absolute atomic E-state index is 0.0507. The highest BCUT2D eigenvalue weighted by Gasteiger charge is 2.19. The van der Waals surface area contributed by atoms with E-state index in [2.05, 4.69) is 14.7 Å². The summed E-state index contributed by atoms with van der Waals surface area (Å²) in [6.07, 6.45) is -1.21. The molecule has 1 aromatic heterocycles. The van der Waals surface area contributed by atoms with Crippen molar-refractivity contribution in [2.45, 2.75) is 6.17 Å². The second-order valence-corrected chi connectivity index (χ2v) is 2.12. The van der Waals surface area contributed by atoms with E-state index in [-0.39, 0.29) is 12.2 Å². The van der Waals surface area contributed by atoms with Crippen LogP contribution >= 0.6 is 0 Å². The van der Waals surface area contributed by atoms with Gasteiger partial charge in [0.15, 0.2) is 12.5 Å². The molecule has 0 aliphatic rings. The van der Waals surface area contributed by atoms with Crippen LogP contribution in [-0.2, 0) is 4.79 Å². The van der Waals surface area contributed by atoms with Crippen molar-refractivity contribution in [1.29, 1.82) is 0 Å². The smallest absolute Gasteiger partial charge is 0.253 e. The Morgan fingerprint density at radius 1 is 1.62 bits per heavy atom. The number of halogens is 2. The van der Waals surface area contributed by atoms with Crippen LogP contribution in [0.1, 0.15) is 11.9 Å². The number of hydrogen-bond acceptors (Lipinski definition) is 4. The molecule has 1 atom stereocenters. The van der Waals surface area contributed by atoms with E-state index in [1.165, 1.54) is 7.11 Å². The van der Waals surface area contributed by atoms with Gasteiger partial charge in [0.05, 0.1) is 7.11 Å². The van der Waals surface area contributed by atoms with Crippen LogP contribution in [0.5, 0.6) is 5.88 Å². The first kappa shape index (κ1) is 9.50. The number of alkyl halides is 1. The summed E-state index contributed by atoms with van der Waals surface area (Å²) in [5.74, 6) is -1.43. The predicted molar refractivity (Wildman–Crippen MR) is 38.5 cm³/mol. The molecule has 1 heterocycles. The molecule has 0 N–H and O–H groups in total. The lowest BCUT2D eigenvalue weighted by Crippen LogP contribution is -2.04. The summed E-state index contributed by atoms with van der Waals surface area (Å²) >= 11 is 0. The quantitative estimate of drug-likeness (QED) is 0.659. The first-order valence-corrected chi connectivity index (χ1v) is 3.34. The highest BCUT2D eigenvalue weighted by atomic mass is 19.1. The molecule has 6 heteroatoms. The van der Waals surface area contributed by atoms with Crippen molar-refractivity contribution < 1.29 is 18.3 Å². The van der Waals surface area contributed by atoms with Crippen LogP contribution in [0.2, 0.25) is 0 Å². The molecule has 0 amide bonds. The molecular weight excluding hydrogens is 182 g/mol. The fourth-order valence-corrected chi connectivity index (χ4v) is 0.765. The zero-order valence-corrected chi connectivity index (χ0v) is 6.70. The Balaban J connectivity index is 3.14. The van der Waals surface area contributed by atoms with E-state index >= 15 is 0 Å². The summed E-state index contributed by atoms with van der Waals surface area (Å²) in [6.45, 7) is 0. The predicted octanol–water partition coefficient (Wildman–Crippen LogP) is 0.834. The molecule has 0 aliphatic heterocycles. The van der Waals surface area contributed by atoms with Gasteiger partial charge in [0, 0.05) is 0 Å². The monoisotopic (exact) mass is 188 g/mol. The van der Waals surface area contributed by atoms with Crippen molar-refractivity contribution in [3.05, 3.63) is 17.8 Å². The Kier molecular flexibility index (Phi) is 2.84. The van der Waals surface area contributed by atoms with Crippen molar-refractivity contribution in [3.63, 3.8) is 0 Å². The van der Waals surface area contributed by atoms with Gasteiger partial charge in [-0.05, 0) is 0 Å². The maximum Gasteiger partial charge on any atom is 0.253 e. The van der Waals surface area contributed by atoms with Crippen LogP contribution in [0.3, 0.4) is 0 Å². The molecule has 0 saturated heterocycles. The van der Waals surface area contributed by atoms with Gasteiger partial charge in [-0.15, -0.1) is 0 Å². The third kappa shape index (κ3) is 1.77. The third-order valence-corrected chi connectivity index (χ3v) is 1.36. The van der Waals surface area contributed by atoms with Gasteiger partial charge in [0.2, 0.25) is 5.82 Å². The Labute approximate surface area is 72.6 Å². The van der Waals surface area contributed by atoms with Crippen LogP contribution < -0.4 is 4.74 Å². The lowest BCUT2D eigenvalue weighted by Gasteiger charge is -2.04. The van der Waals surface area contributed by atoms with Crippen LogP contribution in [0.4, 0.5) is 8.78 Å². The highest BCUT2D eigenvalue weighted by Crippen LogP contribution is 2.21. The molecule has 0 spiro atoms. The zero-order valence-electron chi connectivity index (χ0n) is 6.70. The molecule has 0 bridgehead atoms. The molecular formula is C7H6F2N2O2. The molecule has 0 aliphatic carbocycles. The molecule has 0 fully saturated rings. The van der Waals surface area contributed by atoms with Crippen molar-refractivity contribution in [2.24, 2.45) is 0 Å². The third-order valence-electron chi connectivity index (χ3n) is 1.36. The minimum Gasteiger partial charge on any atom is -0.479 e. The van der Waals surface area contributed by atoms with Gasteiger partial charge < -0.3 is 4.74 Å². The number of carbonyl (C=O) groups excluding carboxylic acids is 1. The van der Waals surface area contributed by atoms with Gasteiger partial charge in [0.1, 0.15) is 12.0 Å². The lowest BCUT2D eigenvalue weighted by atomic mass is 10.3. The Hall–Kier alpha value is -1.59. The molecule has 70 valence electrons. The highest BCUT2D eigenvalue weighted by molar-refractivity contribution is 5.58. The maximum absolute atomic E-state index is 13.1. The largest absolute Gasteiger partial charge is 0.479 e. The molecule has 0 radical (unpaired) electrons. The van der Waals surface area contributed by atoms with E-state index in [1.54, 1.807) is 0 Å². The van der Waals surface area contributed by atoms with E-state index in [9.17, 15) is 13.6 Å². The molecule has 13 heavy (non-hydrogen) atoms. The van der Waals surface area contributed by atoms with Gasteiger partial charge in [0.25, 0.3) is 5.88 Å². The average Bonchev–Trinajstić information content (AvgIpc) is 2.17. The number of rotatable bonds is 3. The molecule has 1 rings (SSSR count). The first-order chi connectivity index (χ1) is 6.20. The molecule has 1 aromatic rings. The Bertz CT molecular complexity index is 319. The van der Waals surface area contributed by atoms with E-state index in [0.717, 1.165) is 6.33 Å². The van der Waals surface area contributed by atoms with Gasteiger partial charge in [-0.2, -0.15) is 9.37 Å². The molecule has 4 nitrogen and oxygen atoms in total. The van der Waals surface area contributed by atoms with Crippen molar-refractivity contribution in [3.8, 4) is 5.88 Å². The number of methoxy groups -OCH3 is 1. The molecule has 0 aromatic carbocycles. The van der Waals surface area contributed by atoms with Crippen LogP contribution in [0.15, 0.2) is 6.33 Å². The average molecular weight is 188 g/mol. The van der Waals surface area contributed by atoms with Crippen molar-refractivity contribution in [1.82, 2.24) is 9.97 Å². The second-order valence-electron chi connectivity index (χ2n) is 2.12. The fourth-order valence-electron chi connectivity index (χ4n) is 0.765. The lowest BCUT2D eigenvalue weighted by molar-refractivity contribution is -0.112. The van der Waals surface area contributed by atoms with Gasteiger partial charge in [-0.1, -0.05) is 0 Å². The van der Waals surface area contributed by atoms with Gasteiger partial charge >= 0.3 is 0 Å². The van der Waals surface area contributed by atoms with Crippen molar-refractivity contribution in [2.75, 3.05) is 7.11 Å². The van der Waals surface area contributed by atoms with Gasteiger partial charge in [-0.3, -0.25) is 4.79 Å². The maximum atomic E-state index is 13.1. The summed E-state index contributed by atoms with van der Waals surface area (Å²) in [5.41, 5.74) is -0.609. The van der Waals surface area contributed by atoms with E-state index in [1.807, 2.05) is 0 Å². The normalized spacial score (nSPS) is 12.2. The van der Waals surface area contributed by atoms with E-state index in [0.29, 0.717) is 0 Å². The standard InChI is InChI=1S/C7H6F2N2O2/c1-13-7-5(9)6(4(8)2-12)10-3-11-7/h2-4H,1H3/t4-/m1/s1. The van der Waals surface area contributed by atoms with Crippen LogP contribution in [-0.4, -0.2) is 23.4 Å². The zero-order chi connectivity index (χ0) is 9.84. The molecule has 0 unspecified atom stereocenters. The number of aldehydes is 1. The Morgan fingerprint density at radius 3 is 2.85 bits per heavy atom. The van der Waals surface area contributed by atoms with Crippen molar-refractivity contribution >= 4 is 6.29 Å². The number of aromatic nitrogens is 2. The number of hydrogen-bond donors (Lipinski definition) is 0. The summed E-state index contributed by atoms with van der Waals surface area (Å²) < 4.78 is 30.2. The Morgan fingerprint density at radius 2 is 2.31 bits per heavy atom. The van der Waals surface area contributed by atoms with E-state index < -0.39 is 17.7 Å². The minimum atomic E-state index is -2.09. The molecule has 0 saturated carbocycles. The van der Waals surface area contributed by atoms with Gasteiger partial charge in [-0.25, -0.2) is 9.37 Å². The SMILES string of the molecule is COc1ncnc([C@H](F)C=O)c1F. The number of nitrogens with zero attached hydrogens (tertiary/aromatic N) is 2. The summed E-state index contributed by atoms with van der Waals surface area (Å²) in [4.78, 5) is 16.7. The second kappa shape index (κ2) is 3.88. The summed E-state index contributed by atoms with van der Waals surface area (Å²) in [6, 6.07) is 0. The van der Waals surface area contributed by atoms with Crippen LogP contribution in [0, 0.1) is 5.82 Å². The van der Waals surface area contributed by atoms with E-state index in [4.69, 9.17) is 0 Å². The first-order valence-electron chi connectivity index (χ1n) is 3.34. The van der Waals surface area contributed by atoms with Crippen LogP contribution in [0.25, 0.3) is 0 Å². The summed E-state index contributed by atoms with van der Waals surface area (Å²) in [7, 11) is 1.18. The fraction of sp³-hybridized carbons (Fsp3) is 0.286. The topological polar surface area (TPSA) is 52.1 Å². The number of carbonyl (C=O) groups is 1. The summed E-state index contributed by atoms with van der Waals surface area (Å²) in [5, 5.41) is 0.